The van der Waals surface area contributed by atoms with E-state index >= 15 is 0 Å². The normalized spacial score (nSPS) is 12.3. The highest BCUT2D eigenvalue weighted by Crippen LogP contribution is 1.93. The van der Waals surface area contributed by atoms with E-state index in [1.807, 2.05) is 19.2 Å². The second kappa shape index (κ2) is 6.19. The van der Waals surface area contributed by atoms with Gasteiger partial charge >= 0.3 is 0 Å². The Balaban J connectivity index is 3.57. The molecule has 0 aromatic carbocycles. The highest BCUT2D eigenvalue weighted by molar-refractivity contribution is 4.93. The van der Waals surface area contributed by atoms with Gasteiger partial charge in [-0.2, -0.15) is 5.12 Å². The number of unbranched alkanes of at least 4 members (excludes halogenated alkanes) is 1. The number of nitrogens with one attached hydrogen (secondary N) is 2. The van der Waals surface area contributed by atoms with Crippen molar-refractivity contribution in [1.29, 1.82) is 0 Å². The molecule has 0 radical (unpaired) electrons. The average Bonchev–Trinajstić information content (AvgIpc) is 2.00. The minimum Gasteiger partial charge on any atom is -0.311 e. The van der Waals surface area contributed by atoms with Gasteiger partial charge < -0.3 is 5.43 Å². The van der Waals surface area contributed by atoms with Crippen LogP contribution in [0.1, 0.15) is 26.7 Å². The second-order valence-electron chi connectivity index (χ2n) is 2.57. The van der Waals surface area contributed by atoms with Crippen LogP contribution in [0.3, 0.4) is 0 Å². The van der Waals surface area contributed by atoms with Crippen LogP contribution in [0.5, 0.6) is 0 Å². The summed E-state index contributed by atoms with van der Waals surface area (Å²) in [7, 11) is 3.81. The lowest BCUT2D eigenvalue weighted by Gasteiger charge is -2.17. The Labute approximate surface area is 69.4 Å². The van der Waals surface area contributed by atoms with Crippen molar-refractivity contribution in [3.8, 4) is 0 Å². The standard InChI is InChI=1S/C8H19N3/c1-5-6-7-8(2)10-11(4)9-3/h7,9-10H,5-6H2,1-4H3/b8-7+. The first kappa shape index (κ1) is 10.5. The van der Waals surface area contributed by atoms with Crippen molar-refractivity contribution in [1.82, 2.24) is 16.0 Å². The Morgan fingerprint density at radius 3 is 2.64 bits per heavy atom. The third-order valence-corrected chi connectivity index (χ3v) is 1.42. The summed E-state index contributed by atoms with van der Waals surface area (Å²) in [5.41, 5.74) is 7.29. The van der Waals surface area contributed by atoms with E-state index < -0.39 is 0 Å². The molecule has 0 rings (SSSR count). The van der Waals surface area contributed by atoms with E-state index in [1.165, 1.54) is 12.1 Å². The van der Waals surface area contributed by atoms with Gasteiger partial charge in [-0.1, -0.05) is 19.4 Å². The molecule has 0 bridgehead atoms. The number of hydrazine groups is 2. The fourth-order valence-electron chi connectivity index (χ4n) is 0.727. The molecule has 3 nitrogen and oxygen atoms in total. The van der Waals surface area contributed by atoms with Crippen LogP contribution in [-0.4, -0.2) is 19.2 Å². The molecular weight excluding hydrogens is 138 g/mol. The van der Waals surface area contributed by atoms with Gasteiger partial charge in [-0.25, -0.2) is 5.43 Å². The summed E-state index contributed by atoms with van der Waals surface area (Å²) in [6, 6.07) is 0. The molecule has 0 fully saturated rings. The van der Waals surface area contributed by atoms with Gasteiger partial charge in [-0.3, -0.25) is 0 Å². The Kier molecular flexibility index (Phi) is 5.88. The van der Waals surface area contributed by atoms with E-state index in [0.717, 1.165) is 6.42 Å². The van der Waals surface area contributed by atoms with Crippen LogP contribution in [0.2, 0.25) is 0 Å². The Bertz CT molecular complexity index is 121. The fraction of sp³-hybridized carbons (Fsp3) is 0.750. The lowest BCUT2D eigenvalue weighted by molar-refractivity contribution is 0.197. The molecule has 0 atom stereocenters. The maximum Gasteiger partial charge on any atom is 0.0224 e. The zero-order valence-electron chi connectivity index (χ0n) is 7.94. The van der Waals surface area contributed by atoms with Gasteiger partial charge in [0, 0.05) is 19.8 Å². The molecule has 0 aliphatic rings. The fourth-order valence-corrected chi connectivity index (χ4v) is 0.727. The SMILES string of the molecule is CCC/C=C(\C)NN(C)NC. The molecule has 3 heteroatoms. The molecule has 66 valence electrons. The summed E-state index contributed by atoms with van der Waals surface area (Å²) in [5.74, 6) is 0. The summed E-state index contributed by atoms with van der Waals surface area (Å²) in [5, 5.41) is 1.82. The van der Waals surface area contributed by atoms with Gasteiger partial charge in [0.25, 0.3) is 0 Å². The maximum absolute atomic E-state index is 3.15. The lowest BCUT2D eigenvalue weighted by Crippen LogP contribution is -2.41. The summed E-state index contributed by atoms with van der Waals surface area (Å²) in [6.07, 6.45) is 4.52. The summed E-state index contributed by atoms with van der Waals surface area (Å²) in [6.45, 7) is 4.23. The van der Waals surface area contributed by atoms with Gasteiger partial charge in [-0.15, -0.1) is 0 Å². The van der Waals surface area contributed by atoms with Crippen LogP contribution in [-0.2, 0) is 0 Å². The molecule has 0 heterocycles. The predicted octanol–water partition coefficient (Wildman–Crippen LogP) is 1.26. The minimum absolute atomic E-state index is 1.14. The predicted molar refractivity (Wildman–Crippen MR) is 48.6 cm³/mol. The third kappa shape index (κ3) is 5.88. The Hall–Kier alpha value is -0.540. The second-order valence-corrected chi connectivity index (χ2v) is 2.57. The van der Waals surface area contributed by atoms with Crippen molar-refractivity contribution in [2.24, 2.45) is 0 Å². The molecule has 2 N–H and O–H groups in total. The smallest absolute Gasteiger partial charge is 0.0224 e. The van der Waals surface area contributed by atoms with Gasteiger partial charge in [0.1, 0.15) is 0 Å². The van der Waals surface area contributed by atoms with Gasteiger partial charge in [-0.05, 0) is 13.3 Å². The van der Waals surface area contributed by atoms with Crippen LogP contribution in [0.4, 0.5) is 0 Å². The van der Waals surface area contributed by atoms with Crippen LogP contribution in [0, 0.1) is 0 Å². The number of rotatable bonds is 5. The first-order valence-electron chi connectivity index (χ1n) is 4.05. The Morgan fingerprint density at radius 1 is 1.55 bits per heavy atom. The van der Waals surface area contributed by atoms with Crippen molar-refractivity contribution in [3.63, 3.8) is 0 Å². The van der Waals surface area contributed by atoms with E-state index in [-0.39, 0.29) is 0 Å². The molecule has 0 saturated heterocycles. The number of hydrogen-bond acceptors (Lipinski definition) is 3. The lowest BCUT2D eigenvalue weighted by atomic mass is 10.3. The minimum atomic E-state index is 1.14. The molecular formula is C8H19N3. The zero-order chi connectivity index (χ0) is 8.69. The Morgan fingerprint density at radius 2 is 2.18 bits per heavy atom. The van der Waals surface area contributed by atoms with E-state index in [4.69, 9.17) is 0 Å². The van der Waals surface area contributed by atoms with Gasteiger partial charge in [0.05, 0.1) is 0 Å². The van der Waals surface area contributed by atoms with Crippen LogP contribution < -0.4 is 10.9 Å². The van der Waals surface area contributed by atoms with Crippen molar-refractivity contribution in [2.75, 3.05) is 14.1 Å². The quantitative estimate of drug-likeness (QED) is 0.588. The molecule has 11 heavy (non-hydrogen) atoms. The number of hydrogen-bond donors (Lipinski definition) is 2. The number of allylic oxidation sites excluding steroid dienone is 2. The summed E-state index contributed by atoms with van der Waals surface area (Å²) >= 11 is 0. The molecule has 0 aliphatic carbocycles. The largest absolute Gasteiger partial charge is 0.311 e. The maximum atomic E-state index is 3.15. The molecule has 0 amide bonds. The van der Waals surface area contributed by atoms with Gasteiger partial charge in [0.15, 0.2) is 0 Å². The van der Waals surface area contributed by atoms with Crippen LogP contribution >= 0.6 is 0 Å². The van der Waals surface area contributed by atoms with E-state index in [0.29, 0.717) is 0 Å². The molecule has 0 unspecified atom stereocenters. The van der Waals surface area contributed by atoms with Crippen LogP contribution in [0.15, 0.2) is 11.8 Å². The van der Waals surface area contributed by atoms with E-state index in [1.54, 1.807) is 0 Å². The molecule has 0 aromatic rings. The average molecular weight is 157 g/mol. The monoisotopic (exact) mass is 157 g/mol. The van der Waals surface area contributed by atoms with Crippen molar-refractivity contribution < 1.29 is 0 Å². The van der Waals surface area contributed by atoms with Crippen molar-refractivity contribution in [3.05, 3.63) is 11.8 Å². The molecule has 0 saturated carbocycles. The summed E-state index contributed by atoms with van der Waals surface area (Å²) in [4.78, 5) is 0. The van der Waals surface area contributed by atoms with E-state index in [2.05, 4.69) is 30.8 Å². The molecule has 0 spiro atoms. The zero-order valence-corrected chi connectivity index (χ0v) is 7.94. The van der Waals surface area contributed by atoms with E-state index in [9.17, 15) is 0 Å². The molecule has 0 aromatic heterocycles. The third-order valence-electron chi connectivity index (χ3n) is 1.42. The first-order chi connectivity index (χ1) is 5.20. The topological polar surface area (TPSA) is 27.3 Å². The van der Waals surface area contributed by atoms with Crippen LogP contribution in [0.25, 0.3) is 0 Å². The van der Waals surface area contributed by atoms with Crippen molar-refractivity contribution in [2.45, 2.75) is 26.7 Å². The summed E-state index contributed by atoms with van der Waals surface area (Å²) < 4.78 is 0. The molecule has 0 aliphatic heterocycles. The van der Waals surface area contributed by atoms with Gasteiger partial charge in [0.2, 0.25) is 0 Å². The number of nitrogens with zero attached hydrogens (tertiary/aromatic N) is 1. The van der Waals surface area contributed by atoms with Crippen molar-refractivity contribution >= 4 is 0 Å². The highest BCUT2D eigenvalue weighted by atomic mass is 15.7. The highest BCUT2D eigenvalue weighted by Gasteiger charge is 1.90. The first-order valence-corrected chi connectivity index (χ1v) is 4.05.